The fourth-order valence-corrected chi connectivity index (χ4v) is 3.18. The third-order valence-electron chi connectivity index (χ3n) is 4.37. The van der Waals surface area contributed by atoms with E-state index in [0.717, 1.165) is 31.7 Å². The number of nitrogens with one attached hydrogen (secondary N) is 1. The second-order valence-corrected chi connectivity index (χ2v) is 5.44. The first-order valence-corrected chi connectivity index (χ1v) is 7.05. The lowest BCUT2D eigenvalue weighted by Crippen LogP contribution is -2.48. The van der Waals surface area contributed by atoms with E-state index >= 15 is 0 Å². The molecule has 1 saturated heterocycles. The Balaban J connectivity index is 0.000001000. The molecular weight excluding hydrogens is 298 g/mol. The van der Waals surface area contributed by atoms with E-state index in [9.17, 15) is 4.39 Å². The van der Waals surface area contributed by atoms with Gasteiger partial charge in [0.15, 0.2) is 0 Å². The molecule has 1 saturated carbocycles. The fraction of sp³-hybridized carbons (Fsp3) is 0.600. The van der Waals surface area contributed by atoms with Crippen LogP contribution in [-0.4, -0.2) is 31.1 Å². The summed E-state index contributed by atoms with van der Waals surface area (Å²) in [5.41, 5.74) is 0.907. The molecule has 0 aromatic heterocycles. The summed E-state index contributed by atoms with van der Waals surface area (Å²) in [6, 6.07) is 7.62. The SMILES string of the molecule is Cl.Cl.Fc1ccccc1[C@@H](C1CCC1)N1CCNCC1. The van der Waals surface area contributed by atoms with Crippen LogP contribution in [-0.2, 0) is 0 Å². The maximum atomic E-state index is 14.1. The maximum Gasteiger partial charge on any atom is 0.127 e. The van der Waals surface area contributed by atoms with E-state index in [0.29, 0.717) is 12.0 Å². The van der Waals surface area contributed by atoms with Crippen LogP contribution in [0.15, 0.2) is 24.3 Å². The highest BCUT2D eigenvalue weighted by Gasteiger charge is 2.34. The Morgan fingerprint density at radius 2 is 1.75 bits per heavy atom. The first-order chi connectivity index (χ1) is 8.86. The smallest absolute Gasteiger partial charge is 0.127 e. The summed E-state index contributed by atoms with van der Waals surface area (Å²) in [5.74, 6) is 0.618. The van der Waals surface area contributed by atoms with Gasteiger partial charge in [-0.2, -0.15) is 0 Å². The van der Waals surface area contributed by atoms with Gasteiger partial charge in [0.1, 0.15) is 5.82 Å². The van der Waals surface area contributed by atoms with Gasteiger partial charge in [-0.1, -0.05) is 24.6 Å². The molecule has 0 amide bonds. The van der Waals surface area contributed by atoms with Gasteiger partial charge in [-0.3, -0.25) is 4.90 Å². The molecule has 1 N–H and O–H groups in total. The highest BCUT2D eigenvalue weighted by Crippen LogP contribution is 2.42. The second kappa shape index (κ2) is 8.18. The molecule has 2 aliphatic rings. The van der Waals surface area contributed by atoms with Crippen LogP contribution in [0.3, 0.4) is 0 Å². The van der Waals surface area contributed by atoms with Crippen LogP contribution in [0, 0.1) is 11.7 Å². The van der Waals surface area contributed by atoms with Crippen molar-refractivity contribution in [2.75, 3.05) is 26.2 Å². The number of halogens is 3. The predicted molar refractivity (Wildman–Crippen MR) is 85.4 cm³/mol. The van der Waals surface area contributed by atoms with E-state index in [1.165, 1.54) is 19.3 Å². The average molecular weight is 321 g/mol. The van der Waals surface area contributed by atoms with Crippen molar-refractivity contribution in [1.29, 1.82) is 0 Å². The van der Waals surface area contributed by atoms with E-state index in [4.69, 9.17) is 0 Å². The van der Waals surface area contributed by atoms with Crippen molar-refractivity contribution in [3.63, 3.8) is 0 Å². The minimum Gasteiger partial charge on any atom is -0.314 e. The zero-order valence-electron chi connectivity index (χ0n) is 11.6. The molecular formula is C15H23Cl2FN2. The lowest BCUT2D eigenvalue weighted by Gasteiger charge is -2.43. The van der Waals surface area contributed by atoms with Crippen molar-refractivity contribution in [3.8, 4) is 0 Å². The molecule has 20 heavy (non-hydrogen) atoms. The second-order valence-electron chi connectivity index (χ2n) is 5.44. The number of rotatable bonds is 3. The molecule has 114 valence electrons. The lowest BCUT2D eigenvalue weighted by molar-refractivity contribution is 0.0812. The largest absolute Gasteiger partial charge is 0.314 e. The topological polar surface area (TPSA) is 15.3 Å². The maximum absolute atomic E-state index is 14.1. The van der Waals surface area contributed by atoms with Crippen LogP contribution in [0.2, 0.25) is 0 Å². The Morgan fingerprint density at radius 3 is 2.30 bits per heavy atom. The number of hydrogen-bond donors (Lipinski definition) is 1. The number of piperazine rings is 1. The molecule has 5 heteroatoms. The third-order valence-corrected chi connectivity index (χ3v) is 4.37. The Kier molecular flexibility index (Phi) is 7.24. The third kappa shape index (κ3) is 3.64. The fourth-order valence-electron chi connectivity index (χ4n) is 3.18. The summed E-state index contributed by atoms with van der Waals surface area (Å²) in [4.78, 5) is 2.47. The summed E-state index contributed by atoms with van der Waals surface area (Å²) >= 11 is 0. The van der Waals surface area contributed by atoms with Gasteiger partial charge >= 0.3 is 0 Å². The quantitative estimate of drug-likeness (QED) is 0.918. The number of benzene rings is 1. The minimum absolute atomic E-state index is 0. The van der Waals surface area contributed by atoms with Gasteiger partial charge in [-0.15, -0.1) is 24.8 Å². The van der Waals surface area contributed by atoms with Crippen LogP contribution in [0.25, 0.3) is 0 Å². The Bertz CT molecular complexity index is 407. The van der Waals surface area contributed by atoms with E-state index in [-0.39, 0.29) is 30.6 Å². The van der Waals surface area contributed by atoms with Crippen LogP contribution >= 0.6 is 24.8 Å². The molecule has 2 fully saturated rings. The molecule has 2 nitrogen and oxygen atoms in total. The van der Waals surface area contributed by atoms with Crippen LogP contribution in [0.4, 0.5) is 4.39 Å². The molecule has 1 aromatic carbocycles. The predicted octanol–water partition coefficient (Wildman–Crippen LogP) is 3.42. The Morgan fingerprint density at radius 1 is 1.10 bits per heavy atom. The zero-order valence-corrected chi connectivity index (χ0v) is 13.2. The number of nitrogens with zero attached hydrogens (tertiary/aromatic N) is 1. The normalized spacial score (nSPS) is 21.2. The monoisotopic (exact) mass is 320 g/mol. The van der Waals surface area contributed by atoms with Crippen LogP contribution < -0.4 is 5.32 Å². The van der Waals surface area contributed by atoms with Gasteiger partial charge in [0.25, 0.3) is 0 Å². The van der Waals surface area contributed by atoms with Gasteiger partial charge in [0, 0.05) is 37.8 Å². The molecule has 0 bridgehead atoms. The van der Waals surface area contributed by atoms with Crippen molar-refractivity contribution in [3.05, 3.63) is 35.6 Å². The van der Waals surface area contributed by atoms with Crippen molar-refractivity contribution < 1.29 is 4.39 Å². The summed E-state index contributed by atoms with van der Waals surface area (Å²) in [7, 11) is 0. The molecule has 1 aliphatic heterocycles. The highest BCUT2D eigenvalue weighted by atomic mass is 35.5. The van der Waals surface area contributed by atoms with Crippen molar-refractivity contribution >= 4 is 24.8 Å². The lowest BCUT2D eigenvalue weighted by atomic mass is 9.76. The minimum atomic E-state index is -0.0343. The molecule has 3 rings (SSSR count). The van der Waals surface area contributed by atoms with E-state index in [1.807, 2.05) is 12.1 Å². The van der Waals surface area contributed by atoms with Gasteiger partial charge in [0.2, 0.25) is 0 Å². The standard InChI is InChI=1S/C15H21FN2.2ClH/c16-14-7-2-1-6-13(14)15(12-4-3-5-12)18-10-8-17-9-11-18;;/h1-2,6-7,12,15,17H,3-5,8-11H2;2*1H/t15-;;/m1../s1. The molecule has 0 unspecified atom stereocenters. The molecule has 1 heterocycles. The van der Waals surface area contributed by atoms with E-state index in [2.05, 4.69) is 10.2 Å². The molecule has 1 aliphatic carbocycles. The average Bonchev–Trinajstić information content (AvgIpc) is 2.36. The van der Waals surface area contributed by atoms with Gasteiger partial charge in [-0.25, -0.2) is 4.39 Å². The zero-order chi connectivity index (χ0) is 12.4. The highest BCUT2D eigenvalue weighted by molar-refractivity contribution is 5.85. The van der Waals surface area contributed by atoms with Crippen molar-refractivity contribution in [1.82, 2.24) is 10.2 Å². The molecule has 0 spiro atoms. The van der Waals surface area contributed by atoms with Crippen LogP contribution in [0.1, 0.15) is 30.9 Å². The van der Waals surface area contributed by atoms with Gasteiger partial charge in [0.05, 0.1) is 0 Å². The van der Waals surface area contributed by atoms with E-state index < -0.39 is 0 Å². The molecule has 0 radical (unpaired) electrons. The Labute approximate surface area is 132 Å². The molecule has 1 aromatic rings. The summed E-state index contributed by atoms with van der Waals surface area (Å²) < 4.78 is 14.1. The summed E-state index contributed by atoms with van der Waals surface area (Å²) in [5, 5.41) is 3.38. The van der Waals surface area contributed by atoms with Gasteiger partial charge < -0.3 is 5.32 Å². The first-order valence-electron chi connectivity index (χ1n) is 7.05. The summed E-state index contributed by atoms with van der Waals surface area (Å²) in [6.07, 6.45) is 3.81. The first kappa shape index (κ1) is 17.7. The van der Waals surface area contributed by atoms with Crippen LogP contribution in [0.5, 0.6) is 0 Å². The van der Waals surface area contributed by atoms with Crippen molar-refractivity contribution in [2.24, 2.45) is 5.92 Å². The number of hydrogen-bond acceptors (Lipinski definition) is 2. The molecule has 1 atom stereocenters. The van der Waals surface area contributed by atoms with Gasteiger partial charge in [-0.05, 0) is 24.8 Å². The van der Waals surface area contributed by atoms with E-state index in [1.54, 1.807) is 12.1 Å². The van der Waals surface area contributed by atoms with Crippen molar-refractivity contribution in [2.45, 2.75) is 25.3 Å². The Hall–Kier alpha value is -0.350. The summed E-state index contributed by atoms with van der Waals surface area (Å²) in [6.45, 7) is 4.13.